The van der Waals surface area contributed by atoms with Crippen LogP contribution in [-0.2, 0) is 9.47 Å². The standard InChI is InChI=1S/C9H14F4N2O3/c10-7(11)17-5-3-14-1-2-15(9(14)16)4-6-18-8(12)13/h7-8H,1-6H2. The van der Waals surface area contributed by atoms with Crippen LogP contribution in [0, 0.1) is 0 Å². The first-order chi connectivity index (χ1) is 8.50. The summed E-state index contributed by atoms with van der Waals surface area (Å²) in [7, 11) is 0. The van der Waals surface area contributed by atoms with Crippen LogP contribution in [0.15, 0.2) is 0 Å². The molecule has 1 fully saturated rings. The lowest BCUT2D eigenvalue weighted by Gasteiger charge is -2.18. The molecule has 1 aliphatic rings. The summed E-state index contributed by atoms with van der Waals surface area (Å²) in [6.07, 6.45) is 0. The molecular weight excluding hydrogens is 260 g/mol. The minimum atomic E-state index is -2.86. The van der Waals surface area contributed by atoms with Gasteiger partial charge in [0.25, 0.3) is 0 Å². The monoisotopic (exact) mass is 274 g/mol. The van der Waals surface area contributed by atoms with E-state index >= 15 is 0 Å². The van der Waals surface area contributed by atoms with Crippen molar-refractivity contribution in [1.29, 1.82) is 0 Å². The Morgan fingerprint density at radius 3 is 1.67 bits per heavy atom. The second-order valence-corrected chi connectivity index (χ2v) is 3.52. The second-order valence-electron chi connectivity index (χ2n) is 3.52. The van der Waals surface area contributed by atoms with Crippen molar-refractivity contribution in [1.82, 2.24) is 9.80 Å². The highest BCUT2D eigenvalue weighted by Gasteiger charge is 2.27. The van der Waals surface area contributed by atoms with Crippen molar-refractivity contribution in [3.05, 3.63) is 0 Å². The van der Waals surface area contributed by atoms with Crippen molar-refractivity contribution in [2.24, 2.45) is 0 Å². The zero-order chi connectivity index (χ0) is 13.5. The van der Waals surface area contributed by atoms with Gasteiger partial charge in [-0.3, -0.25) is 0 Å². The predicted octanol–water partition coefficient (Wildman–Crippen LogP) is 1.20. The van der Waals surface area contributed by atoms with Gasteiger partial charge < -0.3 is 19.3 Å². The number of urea groups is 1. The van der Waals surface area contributed by atoms with Gasteiger partial charge in [-0.25, -0.2) is 4.79 Å². The summed E-state index contributed by atoms with van der Waals surface area (Å²) in [4.78, 5) is 14.3. The molecule has 0 spiro atoms. The van der Waals surface area contributed by atoms with Gasteiger partial charge in [0.2, 0.25) is 0 Å². The summed E-state index contributed by atoms with van der Waals surface area (Å²) < 4.78 is 54.9. The molecule has 0 atom stereocenters. The molecular formula is C9H14F4N2O3. The Hall–Kier alpha value is -1.09. The molecule has 0 unspecified atom stereocenters. The van der Waals surface area contributed by atoms with Crippen LogP contribution in [0.2, 0.25) is 0 Å². The lowest BCUT2D eigenvalue weighted by molar-refractivity contribution is -0.130. The molecule has 0 radical (unpaired) electrons. The Morgan fingerprint density at radius 2 is 1.33 bits per heavy atom. The quantitative estimate of drug-likeness (QED) is 0.625. The smallest absolute Gasteiger partial charge is 0.321 e. The van der Waals surface area contributed by atoms with E-state index in [0.717, 1.165) is 0 Å². The number of carbonyl (C=O) groups excluding carboxylic acids is 1. The molecule has 0 bridgehead atoms. The van der Waals surface area contributed by atoms with Gasteiger partial charge in [0, 0.05) is 26.2 Å². The van der Waals surface area contributed by atoms with Crippen LogP contribution >= 0.6 is 0 Å². The van der Waals surface area contributed by atoms with Crippen LogP contribution in [0.5, 0.6) is 0 Å². The number of alkyl halides is 4. The van der Waals surface area contributed by atoms with Gasteiger partial charge >= 0.3 is 19.3 Å². The zero-order valence-electron chi connectivity index (χ0n) is 9.53. The van der Waals surface area contributed by atoms with E-state index in [9.17, 15) is 22.4 Å². The highest BCUT2D eigenvalue weighted by atomic mass is 19.3. The third-order valence-corrected chi connectivity index (χ3v) is 2.39. The number of hydrogen-bond acceptors (Lipinski definition) is 3. The highest BCUT2D eigenvalue weighted by molar-refractivity contribution is 5.76. The molecule has 1 heterocycles. The van der Waals surface area contributed by atoms with Gasteiger partial charge in [-0.15, -0.1) is 0 Å². The van der Waals surface area contributed by atoms with Crippen LogP contribution in [-0.4, -0.2) is 68.4 Å². The molecule has 0 aliphatic carbocycles. The third kappa shape index (κ3) is 5.05. The summed E-state index contributed by atoms with van der Waals surface area (Å²) in [5, 5.41) is 0. The van der Waals surface area contributed by atoms with Crippen LogP contribution in [0.25, 0.3) is 0 Å². The van der Waals surface area contributed by atoms with E-state index in [1.165, 1.54) is 9.80 Å². The first-order valence-electron chi connectivity index (χ1n) is 5.34. The van der Waals surface area contributed by atoms with Gasteiger partial charge in [-0.2, -0.15) is 17.6 Å². The van der Waals surface area contributed by atoms with Crippen LogP contribution < -0.4 is 0 Å². The van der Waals surface area contributed by atoms with E-state index in [1.807, 2.05) is 0 Å². The van der Waals surface area contributed by atoms with E-state index in [0.29, 0.717) is 13.1 Å². The molecule has 1 aliphatic heterocycles. The van der Waals surface area contributed by atoms with Crippen molar-refractivity contribution in [3.8, 4) is 0 Å². The SMILES string of the molecule is O=C1N(CCOC(F)F)CCN1CCOC(F)F. The molecule has 0 aromatic carbocycles. The van der Waals surface area contributed by atoms with Gasteiger partial charge in [0.05, 0.1) is 13.2 Å². The fraction of sp³-hybridized carbons (Fsp3) is 0.889. The lowest BCUT2D eigenvalue weighted by Crippen LogP contribution is -2.35. The normalized spacial score (nSPS) is 16.4. The fourth-order valence-corrected chi connectivity index (χ4v) is 1.55. The minimum absolute atomic E-state index is 0.0510. The molecule has 0 N–H and O–H groups in total. The topological polar surface area (TPSA) is 42.0 Å². The van der Waals surface area contributed by atoms with Crippen molar-refractivity contribution in [2.75, 3.05) is 39.4 Å². The molecule has 0 aromatic heterocycles. The van der Waals surface area contributed by atoms with Crippen molar-refractivity contribution in [3.63, 3.8) is 0 Å². The Balaban J connectivity index is 2.20. The van der Waals surface area contributed by atoms with Crippen LogP contribution in [0.4, 0.5) is 22.4 Å². The zero-order valence-corrected chi connectivity index (χ0v) is 9.53. The molecule has 9 heteroatoms. The molecule has 0 aromatic rings. The number of rotatable bonds is 8. The summed E-state index contributed by atoms with van der Waals surface area (Å²) in [5.74, 6) is 0. The Labute approximate surface area is 101 Å². The summed E-state index contributed by atoms with van der Waals surface area (Å²) in [6.45, 7) is -5.42. The number of carbonyl (C=O) groups is 1. The largest absolute Gasteiger partial charge is 0.345 e. The van der Waals surface area contributed by atoms with Gasteiger partial charge in [0.1, 0.15) is 0 Å². The molecule has 106 valence electrons. The maximum Gasteiger partial charge on any atom is 0.345 e. The van der Waals surface area contributed by atoms with Crippen molar-refractivity contribution < 1.29 is 31.8 Å². The first-order valence-corrected chi connectivity index (χ1v) is 5.34. The second kappa shape index (κ2) is 7.37. The highest BCUT2D eigenvalue weighted by Crippen LogP contribution is 2.09. The average Bonchev–Trinajstić information content (AvgIpc) is 2.60. The first kappa shape index (κ1) is 15.0. The average molecular weight is 274 g/mol. The number of hydrogen-bond donors (Lipinski definition) is 0. The molecule has 1 saturated heterocycles. The predicted molar refractivity (Wildman–Crippen MR) is 52.5 cm³/mol. The Morgan fingerprint density at radius 1 is 0.944 bits per heavy atom. The van der Waals surface area contributed by atoms with Gasteiger partial charge in [-0.1, -0.05) is 0 Å². The minimum Gasteiger partial charge on any atom is -0.321 e. The molecule has 18 heavy (non-hydrogen) atoms. The summed E-state index contributed by atoms with van der Waals surface area (Å²) >= 11 is 0. The van der Waals surface area contributed by atoms with E-state index in [2.05, 4.69) is 9.47 Å². The Bertz CT molecular complexity index is 244. The molecule has 5 nitrogen and oxygen atoms in total. The Kier molecular flexibility index (Phi) is 6.13. The molecule has 0 saturated carbocycles. The number of nitrogens with zero attached hydrogens (tertiary/aromatic N) is 2. The summed E-state index contributed by atoms with van der Waals surface area (Å²) in [6, 6.07) is -0.384. The van der Waals surface area contributed by atoms with Gasteiger partial charge in [0.15, 0.2) is 0 Å². The van der Waals surface area contributed by atoms with Crippen LogP contribution in [0.3, 0.4) is 0 Å². The van der Waals surface area contributed by atoms with Gasteiger partial charge in [-0.05, 0) is 0 Å². The van der Waals surface area contributed by atoms with E-state index < -0.39 is 13.2 Å². The lowest BCUT2D eigenvalue weighted by atomic mass is 10.5. The molecule has 1 rings (SSSR count). The summed E-state index contributed by atoms with van der Waals surface area (Å²) in [5.41, 5.74) is 0. The fourth-order valence-electron chi connectivity index (χ4n) is 1.55. The third-order valence-electron chi connectivity index (χ3n) is 2.39. The maximum absolute atomic E-state index is 11.7. The number of amides is 2. The van der Waals surface area contributed by atoms with Crippen molar-refractivity contribution >= 4 is 6.03 Å². The number of halogens is 4. The van der Waals surface area contributed by atoms with E-state index in [1.54, 1.807) is 0 Å². The van der Waals surface area contributed by atoms with Crippen molar-refractivity contribution in [2.45, 2.75) is 13.2 Å². The van der Waals surface area contributed by atoms with Crippen LogP contribution in [0.1, 0.15) is 0 Å². The maximum atomic E-state index is 11.7. The van der Waals surface area contributed by atoms with E-state index in [4.69, 9.17) is 0 Å². The van der Waals surface area contributed by atoms with E-state index in [-0.39, 0.29) is 32.3 Å². The number of ether oxygens (including phenoxy) is 2. The molecule has 2 amide bonds.